The number of hydrogen-bond acceptors (Lipinski definition) is 5. The van der Waals surface area contributed by atoms with Gasteiger partial charge in [-0.15, -0.1) is 0 Å². The molecule has 2 aliphatic heterocycles. The van der Waals surface area contributed by atoms with E-state index in [0.29, 0.717) is 29.7 Å². The largest absolute Gasteiger partial charge is 0.335 e. The topological polar surface area (TPSA) is 99.2 Å². The van der Waals surface area contributed by atoms with Gasteiger partial charge in [0.15, 0.2) is 0 Å². The molecule has 10 heteroatoms. The third-order valence-corrected chi connectivity index (χ3v) is 6.50. The maximum absolute atomic E-state index is 12.7. The number of piperazine rings is 1. The highest BCUT2D eigenvalue weighted by Gasteiger charge is 2.32. The molecule has 1 fully saturated rings. The summed E-state index contributed by atoms with van der Waals surface area (Å²) in [5, 5.41) is 3.80. The molecule has 0 aliphatic carbocycles. The zero-order chi connectivity index (χ0) is 18.0. The minimum Gasteiger partial charge on any atom is -0.335 e. The summed E-state index contributed by atoms with van der Waals surface area (Å²) in [5.41, 5.74) is 2.61. The van der Waals surface area contributed by atoms with Gasteiger partial charge in [0.1, 0.15) is 5.71 Å². The van der Waals surface area contributed by atoms with E-state index < -0.39 is 10.0 Å². The summed E-state index contributed by atoms with van der Waals surface area (Å²) >= 11 is 3.28. The molecule has 0 radical (unpaired) electrons. The van der Waals surface area contributed by atoms with Gasteiger partial charge in [0.25, 0.3) is 5.91 Å². The quantitative estimate of drug-likeness (QED) is 0.759. The first kappa shape index (κ1) is 18.0. The van der Waals surface area contributed by atoms with Gasteiger partial charge in [-0.25, -0.2) is 13.8 Å². The summed E-state index contributed by atoms with van der Waals surface area (Å²) in [6.07, 6.45) is 0.545. The van der Waals surface area contributed by atoms with Crippen LogP contribution >= 0.6 is 15.9 Å². The van der Waals surface area contributed by atoms with Crippen LogP contribution in [0.25, 0.3) is 0 Å². The summed E-state index contributed by atoms with van der Waals surface area (Å²) in [6.45, 7) is 1.03. The fourth-order valence-electron chi connectivity index (χ4n) is 2.72. The third-order valence-electron chi connectivity index (χ3n) is 4.11. The molecule has 0 aromatic heterocycles. The minimum atomic E-state index is -3.59. The highest BCUT2D eigenvalue weighted by atomic mass is 79.9. The Labute approximate surface area is 154 Å². The van der Waals surface area contributed by atoms with E-state index in [4.69, 9.17) is 0 Å². The predicted molar refractivity (Wildman–Crippen MR) is 94.3 cm³/mol. The fourth-order valence-corrected chi connectivity index (χ4v) is 4.74. The summed E-state index contributed by atoms with van der Waals surface area (Å²) in [6, 6.07) is 6.55. The molecule has 3 rings (SSSR count). The van der Waals surface area contributed by atoms with E-state index in [9.17, 15) is 18.0 Å². The van der Waals surface area contributed by atoms with E-state index in [0.717, 1.165) is 0 Å². The number of carbonyl (C=O) groups excluding carboxylic acids is 2. The Hall–Kier alpha value is -1.78. The van der Waals surface area contributed by atoms with Crippen LogP contribution in [-0.4, -0.2) is 61.3 Å². The summed E-state index contributed by atoms with van der Waals surface area (Å²) in [7, 11) is -3.59. The summed E-state index contributed by atoms with van der Waals surface area (Å²) in [4.78, 5) is 25.3. The van der Waals surface area contributed by atoms with Crippen molar-refractivity contribution in [2.75, 3.05) is 26.2 Å². The van der Waals surface area contributed by atoms with Gasteiger partial charge in [0.05, 0.1) is 4.90 Å². The van der Waals surface area contributed by atoms with Gasteiger partial charge in [-0.2, -0.15) is 9.41 Å². The number of sulfonamides is 1. The lowest BCUT2D eigenvalue weighted by Gasteiger charge is -2.34. The van der Waals surface area contributed by atoms with Gasteiger partial charge >= 0.3 is 0 Å². The van der Waals surface area contributed by atoms with Gasteiger partial charge in [-0.05, 0) is 18.2 Å². The van der Waals surface area contributed by atoms with Crippen molar-refractivity contribution in [3.8, 4) is 0 Å². The monoisotopic (exact) mass is 428 g/mol. The molecular weight excluding hydrogens is 412 g/mol. The molecule has 0 unspecified atom stereocenters. The Morgan fingerprint density at radius 1 is 1.16 bits per heavy atom. The minimum absolute atomic E-state index is 0.207. The predicted octanol–water partition coefficient (Wildman–Crippen LogP) is 0.548. The standard InChI is InChI=1S/C15H17BrN4O4S/c16-11-2-1-3-12(10-11)25(23,24)20-8-6-19(7-9-20)15(22)13-4-5-14(21)18-17-13/h1-3,10H,4-9H2,(H,18,21). The average Bonchev–Trinajstić information content (AvgIpc) is 2.62. The molecular formula is C15H17BrN4O4S. The lowest BCUT2D eigenvalue weighted by Crippen LogP contribution is -2.52. The second-order valence-electron chi connectivity index (χ2n) is 5.75. The summed E-state index contributed by atoms with van der Waals surface area (Å²) in [5.74, 6) is -0.457. The van der Waals surface area contributed by atoms with Gasteiger partial charge in [0.2, 0.25) is 15.9 Å². The number of hydrogen-bond donors (Lipinski definition) is 1. The van der Waals surface area contributed by atoms with Gasteiger partial charge < -0.3 is 4.90 Å². The van der Waals surface area contributed by atoms with Gasteiger partial charge in [0, 0.05) is 43.5 Å². The first-order valence-corrected chi connectivity index (χ1v) is 10.0. The molecule has 2 heterocycles. The van der Waals surface area contributed by atoms with Crippen LogP contribution in [0, 0.1) is 0 Å². The van der Waals surface area contributed by atoms with E-state index in [1.54, 1.807) is 29.2 Å². The molecule has 1 aromatic carbocycles. The third kappa shape index (κ3) is 3.91. The van der Waals surface area contributed by atoms with Gasteiger partial charge in [-0.1, -0.05) is 22.0 Å². The van der Waals surface area contributed by atoms with Crippen LogP contribution in [-0.2, 0) is 19.6 Å². The van der Waals surface area contributed by atoms with E-state index in [1.165, 1.54) is 4.31 Å². The van der Waals surface area contributed by atoms with E-state index in [1.807, 2.05) is 0 Å². The molecule has 1 aromatic rings. The highest BCUT2D eigenvalue weighted by Crippen LogP contribution is 2.21. The Morgan fingerprint density at radius 2 is 1.88 bits per heavy atom. The number of benzene rings is 1. The molecule has 0 atom stereocenters. The Bertz CT molecular complexity index is 832. The zero-order valence-corrected chi connectivity index (χ0v) is 15.7. The molecule has 2 amide bonds. The normalized spacial score (nSPS) is 19.3. The number of amides is 2. The van der Waals surface area contributed by atoms with E-state index >= 15 is 0 Å². The first-order valence-electron chi connectivity index (χ1n) is 7.78. The molecule has 2 aliphatic rings. The van der Waals surface area contributed by atoms with Gasteiger partial charge in [-0.3, -0.25) is 9.59 Å². The van der Waals surface area contributed by atoms with Crippen molar-refractivity contribution < 1.29 is 18.0 Å². The number of rotatable bonds is 3. The van der Waals surface area contributed by atoms with Crippen molar-refractivity contribution >= 4 is 43.5 Å². The average molecular weight is 429 g/mol. The van der Waals surface area contributed by atoms with Crippen molar-refractivity contribution in [2.24, 2.45) is 5.10 Å². The van der Waals surface area contributed by atoms with E-state index in [-0.39, 0.29) is 36.2 Å². The molecule has 8 nitrogen and oxygen atoms in total. The number of halogens is 1. The second kappa shape index (κ2) is 7.22. The molecule has 1 N–H and O–H groups in total. The van der Waals surface area contributed by atoms with E-state index in [2.05, 4.69) is 26.5 Å². The zero-order valence-electron chi connectivity index (χ0n) is 13.3. The van der Waals surface area contributed by atoms with Crippen LogP contribution in [0.3, 0.4) is 0 Å². The number of carbonyl (C=O) groups is 2. The SMILES string of the molecule is O=C1CCC(C(=O)N2CCN(S(=O)(=O)c3cccc(Br)c3)CC2)=NN1. The lowest BCUT2D eigenvalue weighted by molar-refractivity contribution is -0.125. The van der Waals surface area contributed by atoms with Crippen molar-refractivity contribution in [2.45, 2.75) is 17.7 Å². The smallest absolute Gasteiger partial charge is 0.270 e. The number of nitrogens with zero attached hydrogens (tertiary/aromatic N) is 3. The first-order chi connectivity index (χ1) is 11.9. The highest BCUT2D eigenvalue weighted by molar-refractivity contribution is 9.10. The lowest BCUT2D eigenvalue weighted by atomic mass is 10.1. The molecule has 1 saturated heterocycles. The number of hydrazone groups is 1. The maximum atomic E-state index is 12.7. The molecule has 0 spiro atoms. The summed E-state index contributed by atoms with van der Waals surface area (Å²) < 4.78 is 27.4. The fraction of sp³-hybridized carbons (Fsp3) is 0.400. The van der Waals surface area contributed by atoms with Crippen LogP contribution in [0.2, 0.25) is 0 Å². The van der Waals surface area contributed by atoms with Crippen LogP contribution in [0.4, 0.5) is 0 Å². The van der Waals surface area contributed by atoms with Crippen LogP contribution < -0.4 is 5.43 Å². The molecule has 0 bridgehead atoms. The molecule has 25 heavy (non-hydrogen) atoms. The Morgan fingerprint density at radius 3 is 2.48 bits per heavy atom. The Kier molecular flexibility index (Phi) is 5.21. The van der Waals surface area contributed by atoms with Crippen LogP contribution in [0.1, 0.15) is 12.8 Å². The number of nitrogens with one attached hydrogen (secondary N) is 1. The van der Waals surface area contributed by atoms with Crippen molar-refractivity contribution in [3.63, 3.8) is 0 Å². The van der Waals surface area contributed by atoms with Crippen molar-refractivity contribution in [3.05, 3.63) is 28.7 Å². The molecule has 0 saturated carbocycles. The molecule has 134 valence electrons. The Balaban J connectivity index is 1.65. The van der Waals surface area contributed by atoms with Crippen molar-refractivity contribution in [1.82, 2.24) is 14.6 Å². The second-order valence-corrected chi connectivity index (χ2v) is 8.60. The van der Waals surface area contributed by atoms with Crippen LogP contribution in [0.15, 0.2) is 38.7 Å². The maximum Gasteiger partial charge on any atom is 0.270 e. The van der Waals surface area contributed by atoms with Crippen LogP contribution in [0.5, 0.6) is 0 Å². The van der Waals surface area contributed by atoms with Crippen molar-refractivity contribution in [1.29, 1.82) is 0 Å².